The largest absolute Gasteiger partial charge is 0.415 e. The lowest BCUT2D eigenvalue weighted by Gasteiger charge is -2.04. The lowest BCUT2D eigenvalue weighted by atomic mass is 10.2. The first-order chi connectivity index (χ1) is 6.61. The van der Waals surface area contributed by atoms with Crippen LogP contribution >= 0.6 is 0 Å². The molecule has 0 atom stereocenters. The maximum absolute atomic E-state index is 11.0. The van der Waals surface area contributed by atoms with E-state index in [1.54, 1.807) is 6.92 Å². The highest BCUT2D eigenvalue weighted by Crippen LogP contribution is 1.99. The topological polar surface area (TPSA) is 55.4 Å². The molecule has 0 saturated heterocycles. The van der Waals surface area contributed by atoms with Crippen LogP contribution in [0.1, 0.15) is 33.1 Å². The maximum atomic E-state index is 11.0. The summed E-state index contributed by atoms with van der Waals surface area (Å²) in [6, 6.07) is 0. The summed E-state index contributed by atoms with van der Waals surface area (Å²) in [6.45, 7) is 7.78. The minimum absolute atomic E-state index is 0.302. The van der Waals surface area contributed by atoms with Crippen LogP contribution in [-0.4, -0.2) is 18.6 Å². The predicted molar refractivity (Wildman–Crippen MR) is 53.8 cm³/mol. The summed E-state index contributed by atoms with van der Waals surface area (Å²) in [7, 11) is 0. The van der Waals surface area contributed by atoms with Crippen LogP contribution in [-0.2, 0) is 9.53 Å². The van der Waals surface area contributed by atoms with Gasteiger partial charge in [-0.2, -0.15) is 0 Å². The Balaban J connectivity index is 3.72. The first-order valence-corrected chi connectivity index (χ1v) is 4.79. The lowest BCUT2D eigenvalue weighted by Crippen LogP contribution is -2.28. The van der Waals surface area contributed by atoms with Crippen LogP contribution in [0.3, 0.4) is 0 Å². The number of carbonyl (C=O) groups is 2. The zero-order chi connectivity index (χ0) is 11.0. The van der Waals surface area contributed by atoms with Crippen LogP contribution in [0.25, 0.3) is 0 Å². The summed E-state index contributed by atoms with van der Waals surface area (Å²) in [5, 5.41) is 2.47. The van der Waals surface area contributed by atoms with E-state index in [4.69, 9.17) is 0 Å². The number of ether oxygens (including phenoxy) is 1. The van der Waals surface area contributed by atoms with E-state index in [9.17, 15) is 9.59 Å². The smallest absolute Gasteiger partial charge is 0.373 e. The summed E-state index contributed by atoms with van der Waals surface area (Å²) in [6.07, 6.45) is 1.65. The second kappa shape index (κ2) is 7.12. The monoisotopic (exact) mass is 199 g/mol. The Morgan fingerprint density at radius 3 is 2.50 bits per heavy atom. The molecule has 1 N–H and O–H groups in total. The number of unbranched alkanes of at least 4 members (excludes halogenated alkanes) is 1. The molecule has 0 rings (SSSR count). The van der Waals surface area contributed by atoms with Gasteiger partial charge < -0.3 is 10.1 Å². The minimum atomic E-state index is -0.696. The first kappa shape index (κ1) is 12.7. The Morgan fingerprint density at radius 1 is 1.36 bits per heavy atom. The van der Waals surface area contributed by atoms with Crippen molar-refractivity contribution in [3.8, 4) is 0 Å². The average molecular weight is 199 g/mol. The fourth-order valence-electron chi connectivity index (χ4n) is 0.704. The van der Waals surface area contributed by atoms with E-state index in [0.717, 1.165) is 12.8 Å². The van der Waals surface area contributed by atoms with Crippen LogP contribution in [0.4, 0.5) is 4.79 Å². The standard InChI is InChI=1S/C10H17NO3/c1-4-6-7-11-10(13)14-9(12)8(3)5-2/h3-7H2,1-2H3,(H,11,13). The van der Waals surface area contributed by atoms with Crippen LogP contribution in [0.15, 0.2) is 12.2 Å². The Hall–Kier alpha value is -1.32. The van der Waals surface area contributed by atoms with Gasteiger partial charge in [0.05, 0.1) is 0 Å². The Bertz CT molecular complexity index is 223. The van der Waals surface area contributed by atoms with E-state index in [0.29, 0.717) is 18.5 Å². The minimum Gasteiger partial charge on any atom is -0.373 e. The maximum Gasteiger partial charge on any atom is 0.415 e. The molecular weight excluding hydrogens is 182 g/mol. The molecule has 0 spiro atoms. The number of hydrogen-bond donors (Lipinski definition) is 1. The molecule has 0 fully saturated rings. The molecule has 4 heteroatoms. The molecule has 0 aliphatic heterocycles. The van der Waals surface area contributed by atoms with Gasteiger partial charge in [0.15, 0.2) is 0 Å². The molecule has 0 heterocycles. The van der Waals surface area contributed by atoms with Crippen molar-refractivity contribution in [2.45, 2.75) is 33.1 Å². The molecule has 0 bridgehead atoms. The molecule has 14 heavy (non-hydrogen) atoms. The van der Waals surface area contributed by atoms with Crippen LogP contribution in [0, 0.1) is 0 Å². The van der Waals surface area contributed by atoms with E-state index in [1.807, 2.05) is 6.92 Å². The van der Waals surface area contributed by atoms with Gasteiger partial charge in [0.25, 0.3) is 0 Å². The highest BCUT2D eigenvalue weighted by molar-refractivity contribution is 5.95. The van der Waals surface area contributed by atoms with Gasteiger partial charge in [-0.3, -0.25) is 0 Å². The Kier molecular flexibility index (Phi) is 6.45. The second-order valence-electron chi connectivity index (χ2n) is 2.91. The van der Waals surface area contributed by atoms with Gasteiger partial charge in [0, 0.05) is 12.1 Å². The fourth-order valence-corrected chi connectivity index (χ4v) is 0.704. The third kappa shape index (κ3) is 5.35. The predicted octanol–water partition coefficient (Wildman–Crippen LogP) is 2.01. The van der Waals surface area contributed by atoms with Gasteiger partial charge >= 0.3 is 12.1 Å². The molecule has 0 saturated carbocycles. The van der Waals surface area contributed by atoms with E-state index in [2.05, 4.69) is 16.6 Å². The molecule has 0 radical (unpaired) electrons. The first-order valence-electron chi connectivity index (χ1n) is 4.79. The molecule has 0 aromatic rings. The van der Waals surface area contributed by atoms with Gasteiger partial charge in [-0.05, 0) is 12.8 Å². The van der Waals surface area contributed by atoms with E-state index >= 15 is 0 Å². The molecule has 80 valence electrons. The van der Waals surface area contributed by atoms with Crippen molar-refractivity contribution in [3.05, 3.63) is 12.2 Å². The molecule has 4 nitrogen and oxygen atoms in total. The molecular formula is C10H17NO3. The molecule has 0 aromatic heterocycles. The summed E-state index contributed by atoms with van der Waals surface area (Å²) < 4.78 is 4.46. The zero-order valence-corrected chi connectivity index (χ0v) is 8.76. The average Bonchev–Trinajstić information content (AvgIpc) is 2.16. The van der Waals surface area contributed by atoms with Gasteiger partial charge in [-0.25, -0.2) is 9.59 Å². The molecule has 0 aliphatic rings. The van der Waals surface area contributed by atoms with Gasteiger partial charge in [-0.1, -0.05) is 26.8 Å². The number of rotatable bonds is 5. The number of hydrogen-bond acceptors (Lipinski definition) is 3. The van der Waals surface area contributed by atoms with Gasteiger partial charge in [0.2, 0.25) is 0 Å². The third-order valence-electron chi connectivity index (χ3n) is 1.70. The van der Waals surface area contributed by atoms with Crippen molar-refractivity contribution < 1.29 is 14.3 Å². The third-order valence-corrected chi connectivity index (χ3v) is 1.70. The van der Waals surface area contributed by atoms with Gasteiger partial charge in [0.1, 0.15) is 0 Å². The Labute approximate surface area is 84.3 Å². The van der Waals surface area contributed by atoms with E-state index in [-0.39, 0.29) is 0 Å². The molecule has 0 aliphatic carbocycles. The number of alkyl carbamates (subject to hydrolysis) is 1. The van der Waals surface area contributed by atoms with Crippen molar-refractivity contribution in [1.29, 1.82) is 0 Å². The van der Waals surface area contributed by atoms with Crippen LogP contribution in [0.5, 0.6) is 0 Å². The van der Waals surface area contributed by atoms with E-state index < -0.39 is 12.1 Å². The highest BCUT2D eigenvalue weighted by Gasteiger charge is 2.11. The number of nitrogens with one attached hydrogen (secondary N) is 1. The highest BCUT2D eigenvalue weighted by atomic mass is 16.6. The van der Waals surface area contributed by atoms with E-state index in [1.165, 1.54) is 0 Å². The lowest BCUT2D eigenvalue weighted by molar-refractivity contribution is -0.133. The van der Waals surface area contributed by atoms with Crippen molar-refractivity contribution >= 4 is 12.1 Å². The number of amides is 1. The number of esters is 1. The fraction of sp³-hybridized carbons (Fsp3) is 0.600. The normalized spacial score (nSPS) is 9.29. The van der Waals surface area contributed by atoms with Crippen molar-refractivity contribution in [3.63, 3.8) is 0 Å². The molecule has 0 unspecified atom stereocenters. The molecule has 1 amide bonds. The zero-order valence-electron chi connectivity index (χ0n) is 8.76. The van der Waals surface area contributed by atoms with Crippen LogP contribution < -0.4 is 5.32 Å². The van der Waals surface area contributed by atoms with Crippen molar-refractivity contribution in [1.82, 2.24) is 5.32 Å². The summed E-state index contributed by atoms with van der Waals surface area (Å²) in [5.41, 5.74) is 0.302. The van der Waals surface area contributed by atoms with Gasteiger partial charge in [-0.15, -0.1) is 0 Å². The second-order valence-corrected chi connectivity index (χ2v) is 2.91. The van der Waals surface area contributed by atoms with Crippen molar-refractivity contribution in [2.75, 3.05) is 6.54 Å². The SMILES string of the molecule is C=C(CC)C(=O)OC(=O)NCCCC. The summed E-state index contributed by atoms with van der Waals surface area (Å²) >= 11 is 0. The van der Waals surface area contributed by atoms with Crippen LogP contribution in [0.2, 0.25) is 0 Å². The summed E-state index contributed by atoms with van der Waals surface area (Å²) in [5.74, 6) is -0.651. The van der Waals surface area contributed by atoms with Crippen molar-refractivity contribution in [2.24, 2.45) is 0 Å². The summed E-state index contributed by atoms with van der Waals surface area (Å²) in [4.78, 5) is 22.0. The Morgan fingerprint density at radius 2 is 2.00 bits per heavy atom. The molecule has 0 aromatic carbocycles. The number of carbonyl (C=O) groups excluding carboxylic acids is 2. The quantitative estimate of drug-likeness (QED) is 0.319.